The third kappa shape index (κ3) is 2.03. The molecule has 2 rings (SSSR count). The van der Waals surface area contributed by atoms with Crippen LogP contribution in [0.4, 0.5) is 11.5 Å². The molecule has 2 heterocycles. The van der Waals surface area contributed by atoms with Gasteiger partial charge >= 0.3 is 0 Å². The zero-order valence-corrected chi connectivity index (χ0v) is 8.42. The summed E-state index contributed by atoms with van der Waals surface area (Å²) in [7, 11) is 0. The molecule has 0 unspecified atom stereocenters. The highest BCUT2D eigenvalue weighted by atomic mass is 32.1. The Labute approximate surface area is 86.6 Å². The standard InChI is InChI=1S/C10H11N3S/c11-9-2-1-4-12-10(9)13-6-8-3-5-14-7-8/h1-5,7H,6,11H2,(H,12,13). The Bertz CT molecular complexity index is 398. The van der Waals surface area contributed by atoms with Gasteiger partial charge < -0.3 is 11.1 Å². The van der Waals surface area contributed by atoms with E-state index in [-0.39, 0.29) is 0 Å². The second-order valence-electron chi connectivity index (χ2n) is 2.93. The second-order valence-corrected chi connectivity index (χ2v) is 3.71. The first-order chi connectivity index (χ1) is 6.86. The van der Waals surface area contributed by atoms with Crippen molar-refractivity contribution in [2.24, 2.45) is 0 Å². The average Bonchev–Trinajstić information content (AvgIpc) is 2.69. The third-order valence-corrected chi connectivity index (χ3v) is 2.61. The Kier molecular flexibility index (Phi) is 2.65. The Hall–Kier alpha value is -1.55. The molecule has 0 bridgehead atoms. The van der Waals surface area contributed by atoms with Gasteiger partial charge in [0.05, 0.1) is 5.69 Å². The summed E-state index contributed by atoms with van der Waals surface area (Å²) in [5, 5.41) is 7.34. The van der Waals surface area contributed by atoms with Gasteiger partial charge in [0.1, 0.15) is 5.82 Å². The highest BCUT2D eigenvalue weighted by Gasteiger charge is 1.98. The van der Waals surface area contributed by atoms with Crippen LogP contribution in [0.25, 0.3) is 0 Å². The quantitative estimate of drug-likeness (QED) is 0.808. The van der Waals surface area contributed by atoms with Crippen molar-refractivity contribution in [3.63, 3.8) is 0 Å². The van der Waals surface area contributed by atoms with E-state index < -0.39 is 0 Å². The van der Waals surface area contributed by atoms with Crippen molar-refractivity contribution in [2.75, 3.05) is 11.1 Å². The number of nitrogens with one attached hydrogen (secondary N) is 1. The van der Waals surface area contributed by atoms with E-state index in [0.29, 0.717) is 5.69 Å². The van der Waals surface area contributed by atoms with Crippen molar-refractivity contribution in [3.05, 3.63) is 40.7 Å². The van der Waals surface area contributed by atoms with Crippen molar-refractivity contribution in [1.82, 2.24) is 4.98 Å². The van der Waals surface area contributed by atoms with Crippen molar-refractivity contribution in [2.45, 2.75) is 6.54 Å². The molecule has 0 atom stereocenters. The van der Waals surface area contributed by atoms with Crippen LogP contribution < -0.4 is 11.1 Å². The molecule has 0 aliphatic carbocycles. The Morgan fingerprint density at radius 1 is 1.43 bits per heavy atom. The molecule has 4 heteroatoms. The third-order valence-electron chi connectivity index (χ3n) is 1.88. The highest BCUT2D eigenvalue weighted by Crippen LogP contribution is 2.15. The minimum atomic E-state index is 0.683. The van der Waals surface area contributed by atoms with Gasteiger partial charge in [-0.1, -0.05) is 0 Å². The Morgan fingerprint density at radius 3 is 3.07 bits per heavy atom. The number of nitrogens with zero attached hydrogens (tertiary/aromatic N) is 1. The molecule has 2 aromatic rings. The van der Waals surface area contributed by atoms with Gasteiger partial charge in [0.25, 0.3) is 0 Å². The predicted octanol–water partition coefficient (Wildman–Crippen LogP) is 2.34. The molecular formula is C10H11N3S. The number of nitrogen functional groups attached to an aromatic ring is 1. The van der Waals surface area contributed by atoms with Crippen LogP contribution in [0.2, 0.25) is 0 Å². The van der Waals surface area contributed by atoms with E-state index >= 15 is 0 Å². The monoisotopic (exact) mass is 205 g/mol. The molecule has 0 amide bonds. The fourth-order valence-corrected chi connectivity index (χ4v) is 1.81. The summed E-state index contributed by atoms with van der Waals surface area (Å²) in [6.45, 7) is 0.769. The predicted molar refractivity (Wildman–Crippen MR) is 60.3 cm³/mol. The van der Waals surface area contributed by atoms with E-state index in [0.717, 1.165) is 12.4 Å². The first kappa shape index (κ1) is 9.02. The Balaban J connectivity index is 2.02. The van der Waals surface area contributed by atoms with Crippen LogP contribution in [0.5, 0.6) is 0 Å². The molecule has 72 valence electrons. The Morgan fingerprint density at radius 2 is 2.36 bits per heavy atom. The first-order valence-electron chi connectivity index (χ1n) is 4.32. The summed E-state index contributed by atoms with van der Waals surface area (Å²) in [5.41, 5.74) is 7.67. The number of nitrogens with two attached hydrogens (primary N) is 1. The number of hydrogen-bond donors (Lipinski definition) is 2. The first-order valence-corrected chi connectivity index (χ1v) is 5.26. The maximum Gasteiger partial charge on any atom is 0.149 e. The van der Waals surface area contributed by atoms with E-state index in [1.165, 1.54) is 5.56 Å². The van der Waals surface area contributed by atoms with Crippen LogP contribution in [0.15, 0.2) is 35.2 Å². The van der Waals surface area contributed by atoms with Gasteiger partial charge in [-0.25, -0.2) is 4.98 Å². The zero-order valence-electron chi connectivity index (χ0n) is 7.60. The topological polar surface area (TPSA) is 50.9 Å². The maximum atomic E-state index is 5.74. The summed E-state index contributed by atoms with van der Waals surface area (Å²) < 4.78 is 0. The van der Waals surface area contributed by atoms with Gasteiger partial charge in [0.2, 0.25) is 0 Å². The van der Waals surface area contributed by atoms with E-state index in [2.05, 4.69) is 27.1 Å². The van der Waals surface area contributed by atoms with Crippen LogP contribution in [0, 0.1) is 0 Å². The molecule has 0 radical (unpaired) electrons. The molecule has 3 N–H and O–H groups in total. The molecule has 0 spiro atoms. The van der Waals surface area contributed by atoms with Gasteiger partial charge in [-0.05, 0) is 34.5 Å². The molecular weight excluding hydrogens is 194 g/mol. The number of thiophene rings is 1. The van der Waals surface area contributed by atoms with Crippen molar-refractivity contribution < 1.29 is 0 Å². The van der Waals surface area contributed by atoms with Crippen molar-refractivity contribution in [3.8, 4) is 0 Å². The van der Waals surface area contributed by atoms with Gasteiger partial charge in [-0.15, -0.1) is 0 Å². The fourth-order valence-electron chi connectivity index (χ4n) is 1.14. The van der Waals surface area contributed by atoms with Gasteiger partial charge in [-0.3, -0.25) is 0 Å². The largest absolute Gasteiger partial charge is 0.396 e. The second kappa shape index (κ2) is 4.11. The van der Waals surface area contributed by atoms with Gasteiger partial charge in [0.15, 0.2) is 0 Å². The van der Waals surface area contributed by atoms with E-state index in [9.17, 15) is 0 Å². The highest BCUT2D eigenvalue weighted by molar-refractivity contribution is 7.07. The van der Waals surface area contributed by atoms with Gasteiger partial charge in [0, 0.05) is 12.7 Å². The fraction of sp³-hybridized carbons (Fsp3) is 0.100. The van der Waals surface area contributed by atoms with Crippen LogP contribution in [-0.4, -0.2) is 4.98 Å². The number of pyridine rings is 1. The molecule has 2 aromatic heterocycles. The van der Waals surface area contributed by atoms with Crippen LogP contribution in [0.1, 0.15) is 5.56 Å². The summed E-state index contributed by atoms with van der Waals surface area (Å²) in [6, 6.07) is 5.74. The van der Waals surface area contributed by atoms with Crippen molar-refractivity contribution in [1.29, 1.82) is 0 Å². The lowest BCUT2D eigenvalue weighted by molar-refractivity contribution is 1.12. The molecule has 0 saturated carbocycles. The van der Waals surface area contributed by atoms with E-state index in [1.807, 2.05) is 12.1 Å². The van der Waals surface area contributed by atoms with Crippen LogP contribution in [-0.2, 0) is 6.54 Å². The minimum Gasteiger partial charge on any atom is -0.396 e. The lowest BCUT2D eigenvalue weighted by Gasteiger charge is -2.05. The SMILES string of the molecule is Nc1cccnc1NCc1ccsc1. The van der Waals surface area contributed by atoms with E-state index in [4.69, 9.17) is 5.73 Å². The molecule has 0 saturated heterocycles. The number of hydrogen-bond acceptors (Lipinski definition) is 4. The lowest BCUT2D eigenvalue weighted by atomic mass is 10.3. The summed E-state index contributed by atoms with van der Waals surface area (Å²) >= 11 is 1.69. The van der Waals surface area contributed by atoms with E-state index in [1.54, 1.807) is 17.5 Å². The molecule has 0 aliphatic rings. The molecule has 0 fully saturated rings. The number of rotatable bonds is 3. The molecule has 3 nitrogen and oxygen atoms in total. The summed E-state index contributed by atoms with van der Waals surface area (Å²) in [5.74, 6) is 0.749. The molecule has 14 heavy (non-hydrogen) atoms. The summed E-state index contributed by atoms with van der Waals surface area (Å²) in [6.07, 6.45) is 1.73. The lowest BCUT2D eigenvalue weighted by Crippen LogP contribution is -2.03. The molecule has 0 aliphatic heterocycles. The summed E-state index contributed by atoms with van der Waals surface area (Å²) in [4.78, 5) is 4.15. The maximum absolute atomic E-state index is 5.74. The van der Waals surface area contributed by atoms with Gasteiger partial charge in [-0.2, -0.15) is 11.3 Å². The average molecular weight is 205 g/mol. The minimum absolute atomic E-state index is 0.683. The van der Waals surface area contributed by atoms with Crippen LogP contribution in [0.3, 0.4) is 0 Å². The molecule has 0 aromatic carbocycles. The number of aromatic nitrogens is 1. The van der Waals surface area contributed by atoms with Crippen LogP contribution >= 0.6 is 11.3 Å². The normalized spacial score (nSPS) is 10.0. The smallest absolute Gasteiger partial charge is 0.149 e. The zero-order chi connectivity index (χ0) is 9.80. The van der Waals surface area contributed by atoms with Crippen molar-refractivity contribution >= 4 is 22.8 Å². The number of anilines is 2.